The highest BCUT2D eigenvalue weighted by Crippen LogP contribution is 2.17. The van der Waals surface area contributed by atoms with Crippen LogP contribution in [-0.4, -0.2) is 29.4 Å². The Kier molecular flexibility index (Phi) is 4.19. The Morgan fingerprint density at radius 3 is 2.83 bits per heavy atom. The van der Waals surface area contributed by atoms with E-state index < -0.39 is 8.07 Å². The maximum absolute atomic E-state index is 5.70. The zero-order valence-electron chi connectivity index (χ0n) is 11.0. The van der Waals surface area contributed by atoms with Gasteiger partial charge in [0.15, 0.2) is 0 Å². The van der Waals surface area contributed by atoms with Gasteiger partial charge in [0.05, 0.1) is 11.7 Å². The Labute approximate surface area is 116 Å². The van der Waals surface area contributed by atoms with Crippen LogP contribution in [0.2, 0.25) is 25.7 Å². The first-order valence-electron chi connectivity index (χ1n) is 6.00. The Morgan fingerprint density at radius 2 is 2.11 bits per heavy atom. The molecule has 6 heteroatoms. The summed E-state index contributed by atoms with van der Waals surface area (Å²) in [6.45, 7) is 8.36. The topological polar surface area (TPSA) is 39.9 Å². The monoisotopic (exact) mass is 327 g/mol. The van der Waals surface area contributed by atoms with Crippen molar-refractivity contribution in [3.05, 3.63) is 23.1 Å². The summed E-state index contributed by atoms with van der Waals surface area (Å²) < 4.78 is 8.39. The van der Waals surface area contributed by atoms with Gasteiger partial charge in [0.25, 0.3) is 0 Å². The molecule has 0 saturated heterocycles. The molecular weight excluding hydrogens is 310 g/mol. The SMILES string of the molecule is C[Si](C)(C)CCOCn1ncc2cnc(Br)cc21. The van der Waals surface area contributed by atoms with Gasteiger partial charge in [-0.2, -0.15) is 5.10 Å². The number of nitrogens with zero attached hydrogens (tertiary/aromatic N) is 3. The Hall–Kier alpha value is -0.723. The second-order valence-electron chi connectivity index (χ2n) is 5.56. The van der Waals surface area contributed by atoms with Crippen molar-refractivity contribution in [3.8, 4) is 0 Å². The molecule has 18 heavy (non-hydrogen) atoms. The molecule has 2 aromatic heterocycles. The number of rotatable bonds is 5. The van der Waals surface area contributed by atoms with Gasteiger partial charge in [0.2, 0.25) is 0 Å². The molecule has 2 heterocycles. The van der Waals surface area contributed by atoms with E-state index in [0.717, 1.165) is 22.1 Å². The van der Waals surface area contributed by atoms with E-state index in [9.17, 15) is 0 Å². The zero-order chi connectivity index (χ0) is 13.2. The zero-order valence-corrected chi connectivity index (χ0v) is 13.6. The molecule has 2 rings (SSSR count). The summed E-state index contributed by atoms with van der Waals surface area (Å²) in [7, 11) is -1.01. The van der Waals surface area contributed by atoms with E-state index in [1.165, 1.54) is 6.04 Å². The average molecular weight is 328 g/mol. The lowest BCUT2D eigenvalue weighted by Crippen LogP contribution is -2.22. The molecule has 0 unspecified atom stereocenters. The van der Waals surface area contributed by atoms with Crippen molar-refractivity contribution in [2.45, 2.75) is 32.4 Å². The number of halogens is 1. The van der Waals surface area contributed by atoms with Crippen molar-refractivity contribution in [2.24, 2.45) is 0 Å². The van der Waals surface area contributed by atoms with Crippen LogP contribution in [0.25, 0.3) is 10.9 Å². The van der Waals surface area contributed by atoms with Gasteiger partial charge in [0, 0.05) is 26.3 Å². The predicted molar refractivity (Wildman–Crippen MR) is 79.3 cm³/mol. The van der Waals surface area contributed by atoms with Gasteiger partial charge in [-0.1, -0.05) is 19.6 Å². The fourth-order valence-electron chi connectivity index (χ4n) is 1.58. The van der Waals surface area contributed by atoms with Crippen molar-refractivity contribution in [1.82, 2.24) is 14.8 Å². The van der Waals surface area contributed by atoms with Gasteiger partial charge < -0.3 is 4.74 Å². The molecule has 98 valence electrons. The lowest BCUT2D eigenvalue weighted by molar-refractivity contribution is 0.0817. The van der Waals surface area contributed by atoms with Crippen LogP contribution in [0, 0.1) is 0 Å². The Bertz CT molecular complexity index is 536. The quantitative estimate of drug-likeness (QED) is 0.479. The predicted octanol–water partition coefficient (Wildman–Crippen LogP) is 3.51. The van der Waals surface area contributed by atoms with E-state index in [4.69, 9.17) is 4.74 Å². The second-order valence-corrected chi connectivity index (χ2v) is 12.0. The van der Waals surface area contributed by atoms with Crippen LogP contribution in [-0.2, 0) is 11.5 Å². The Morgan fingerprint density at radius 1 is 1.33 bits per heavy atom. The standard InChI is InChI=1S/C12H18BrN3OSi/c1-18(2,3)5-4-17-9-16-11-6-12(13)14-7-10(11)8-15-16/h6-8H,4-5,9H2,1-3H3. The number of pyridine rings is 1. The largest absolute Gasteiger partial charge is 0.360 e. The summed E-state index contributed by atoms with van der Waals surface area (Å²) in [5, 5.41) is 5.35. The highest BCUT2D eigenvalue weighted by molar-refractivity contribution is 9.10. The van der Waals surface area contributed by atoms with E-state index in [1.54, 1.807) is 0 Å². The molecule has 0 atom stereocenters. The van der Waals surface area contributed by atoms with Crippen molar-refractivity contribution >= 4 is 34.9 Å². The maximum Gasteiger partial charge on any atom is 0.139 e. The van der Waals surface area contributed by atoms with E-state index in [-0.39, 0.29) is 0 Å². The first-order chi connectivity index (χ1) is 8.46. The number of hydrogen-bond donors (Lipinski definition) is 0. The Balaban J connectivity index is 1.98. The fourth-order valence-corrected chi connectivity index (χ4v) is 2.66. The third-order valence-corrected chi connectivity index (χ3v) is 4.84. The van der Waals surface area contributed by atoms with Crippen LogP contribution >= 0.6 is 15.9 Å². The normalized spacial score (nSPS) is 12.2. The highest BCUT2D eigenvalue weighted by Gasteiger charge is 2.12. The number of hydrogen-bond acceptors (Lipinski definition) is 3. The fraction of sp³-hybridized carbons (Fsp3) is 0.500. The summed E-state index contributed by atoms with van der Waals surface area (Å²) in [6.07, 6.45) is 3.63. The van der Waals surface area contributed by atoms with E-state index in [0.29, 0.717) is 6.73 Å². The van der Waals surface area contributed by atoms with E-state index in [1.807, 2.05) is 23.1 Å². The first kappa shape index (κ1) is 13.7. The van der Waals surface area contributed by atoms with Crippen LogP contribution in [0.3, 0.4) is 0 Å². The van der Waals surface area contributed by atoms with Crippen molar-refractivity contribution in [3.63, 3.8) is 0 Å². The van der Waals surface area contributed by atoms with E-state index >= 15 is 0 Å². The minimum Gasteiger partial charge on any atom is -0.360 e. The molecule has 0 aliphatic heterocycles. The van der Waals surface area contributed by atoms with Gasteiger partial charge in [-0.05, 0) is 28.0 Å². The summed E-state index contributed by atoms with van der Waals surface area (Å²) in [5.74, 6) is 0. The molecule has 0 spiro atoms. The molecule has 0 amide bonds. The summed E-state index contributed by atoms with van der Waals surface area (Å²) in [4.78, 5) is 4.18. The average Bonchev–Trinajstić information content (AvgIpc) is 2.66. The molecule has 0 aliphatic carbocycles. The third kappa shape index (κ3) is 3.63. The van der Waals surface area contributed by atoms with Crippen molar-refractivity contribution < 1.29 is 4.74 Å². The van der Waals surface area contributed by atoms with Gasteiger partial charge >= 0.3 is 0 Å². The lowest BCUT2D eigenvalue weighted by atomic mass is 10.3. The first-order valence-corrected chi connectivity index (χ1v) is 10.5. The van der Waals surface area contributed by atoms with Crippen LogP contribution in [0.5, 0.6) is 0 Å². The molecule has 0 N–H and O–H groups in total. The number of fused-ring (bicyclic) bond motifs is 1. The van der Waals surface area contributed by atoms with E-state index in [2.05, 4.69) is 45.7 Å². The summed E-state index contributed by atoms with van der Waals surface area (Å²) in [6, 6.07) is 3.14. The smallest absolute Gasteiger partial charge is 0.139 e. The van der Waals surface area contributed by atoms with Crippen LogP contribution in [0.4, 0.5) is 0 Å². The van der Waals surface area contributed by atoms with Gasteiger partial charge in [-0.25, -0.2) is 9.67 Å². The minimum absolute atomic E-state index is 0.504. The van der Waals surface area contributed by atoms with Crippen LogP contribution < -0.4 is 0 Å². The van der Waals surface area contributed by atoms with Crippen molar-refractivity contribution in [1.29, 1.82) is 0 Å². The molecule has 4 nitrogen and oxygen atoms in total. The number of ether oxygens (including phenoxy) is 1. The molecule has 0 bridgehead atoms. The molecule has 0 aliphatic rings. The van der Waals surface area contributed by atoms with Gasteiger partial charge in [0.1, 0.15) is 11.3 Å². The lowest BCUT2D eigenvalue weighted by Gasteiger charge is -2.15. The second kappa shape index (κ2) is 5.50. The third-order valence-electron chi connectivity index (χ3n) is 2.70. The van der Waals surface area contributed by atoms with Crippen molar-refractivity contribution in [2.75, 3.05) is 6.61 Å². The molecular formula is C12H18BrN3OSi. The summed E-state index contributed by atoms with van der Waals surface area (Å²) in [5.41, 5.74) is 1.05. The highest BCUT2D eigenvalue weighted by atomic mass is 79.9. The molecule has 0 aromatic carbocycles. The molecule has 0 fully saturated rings. The molecule has 2 aromatic rings. The van der Waals surface area contributed by atoms with Gasteiger partial charge in [-0.15, -0.1) is 0 Å². The molecule has 0 radical (unpaired) electrons. The minimum atomic E-state index is -1.01. The summed E-state index contributed by atoms with van der Waals surface area (Å²) >= 11 is 3.37. The number of aromatic nitrogens is 3. The van der Waals surface area contributed by atoms with Crippen LogP contribution in [0.15, 0.2) is 23.1 Å². The maximum atomic E-state index is 5.70. The molecule has 0 saturated carbocycles. The van der Waals surface area contributed by atoms with Gasteiger partial charge in [-0.3, -0.25) is 0 Å². The van der Waals surface area contributed by atoms with Crippen LogP contribution in [0.1, 0.15) is 0 Å².